The third kappa shape index (κ3) is 2.80. The van der Waals surface area contributed by atoms with Gasteiger partial charge in [0.15, 0.2) is 0 Å². The number of sulfonamides is 1. The number of nitrogens with one attached hydrogen (secondary N) is 1. The monoisotopic (exact) mass is 272 g/mol. The first-order valence-electron chi connectivity index (χ1n) is 5.67. The molecule has 1 aromatic rings. The second-order valence-electron chi connectivity index (χ2n) is 4.66. The van der Waals surface area contributed by atoms with Gasteiger partial charge in [-0.05, 0) is 32.4 Å². The molecule has 0 bridgehead atoms. The lowest BCUT2D eigenvalue weighted by Gasteiger charge is -2.33. The van der Waals surface area contributed by atoms with Gasteiger partial charge in [0.05, 0.1) is 0 Å². The van der Waals surface area contributed by atoms with Gasteiger partial charge in [-0.2, -0.15) is 4.31 Å². The highest BCUT2D eigenvalue weighted by atomic mass is 32.2. The number of pyridine rings is 1. The Labute approximate surface area is 108 Å². The quantitative estimate of drug-likeness (QED) is 0.620. The summed E-state index contributed by atoms with van der Waals surface area (Å²) >= 11 is 0. The molecule has 0 spiro atoms. The highest BCUT2D eigenvalue weighted by Gasteiger charge is 2.32. The Morgan fingerprint density at radius 3 is 2.44 bits per heavy atom. The zero-order valence-electron chi connectivity index (χ0n) is 11.1. The molecule has 0 radical (unpaired) electrons. The molecule has 0 aromatic carbocycles. The molecular weight excluding hydrogens is 252 g/mol. The molecule has 1 heterocycles. The number of anilines is 1. The summed E-state index contributed by atoms with van der Waals surface area (Å²) in [5, 5.41) is 0. The molecule has 0 unspecified atom stereocenters. The maximum atomic E-state index is 12.4. The number of hydrazine groups is 1. The van der Waals surface area contributed by atoms with Crippen LogP contribution in [0.1, 0.15) is 27.2 Å². The standard InChI is InChI=1S/C11H20N4O2S/c1-5-11(2,3)15(4)18(16,17)9-6-7-10(14-12)13-8-9/h6-8H,5,12H2,1-4H3,(H,13,14). The van der Waals surface area contributed by atoms with Crippen molar-refractivity contribution in [1.29, 1.82) is 0 Å². The van der Waals surface area contributed by atoms with Gasteiger partial charge in [-0.15, -0.1) is 0 Å². The molecule has 0 amide bonds. The van der Waals surface area contributed by atoms with Crippen molar-refractivity contribution < 1.29 is 8.42 Å². The molecule has 3 N–H and O–H groups in total. The van der Waals surface area contributed by atoms with Crippen LogP contribution in [0.4, 0.5) is 5.82 Å². The van der Waals surface area contributed by atoms with Gasteiger partial charge in [-0.25, -0.2) is 19.2 Å². The molecule has 18 heavy (non-hydrogen) atoms. The van der Waals surface area contributed by atoms with Crippen molar-refractivity contribution in [2.24, 2.45) is 5.84 Å². The number of aromatic nitrogens is 1. The first-order valence-corrected chi connectivity index (χ1v) is 7.11. The Bertz CT molecular complexity index is 496. The molecular formula is C11H20N4O2S. The zero-order valence-corrected chi connectivity index (χ0v) is 12.0. The van der Waals surface area contributed by atoms with Gasteiger partial charge in [0.2, 0.25) is 10.0 Å². The fourth-order valence-electron chi connectivity index (χ4n) is 1.32. The van der Waals surface area contributed by atoms with Crippen LogP contribution in [0, 0.1) is 0 Å². The first kappa shape index (κ1) is 14.9. The third-order valence-electron chi connectivity index (χ3n) is 3.26. The van der Waals surface area contributed by atoms with E-state index in [1.807, 2.05) is 20.8 Å². The highest BCUT2D eigenvalue weighted by Crippen LogP contribution is 2.25. The van der Waals surface area contributed by atoms with Gasteiger partial charge in [-0.3, -0.25) is 0 Å². The van der Waals surface area contributed by atoms with Crippen LogP contribution in [0.3, 0.4) is 0 Å². The normalized spacial score (nSPS) is 12.8. The molecule has 0 aliphatic heterocycles. The van der Waals surface area contributed by atoms with E-state index in [9.17, 15) is 8.42 Å². The molecule has 0 aliphatic carbocycles. The average Bonchev–Trinajstić information content (AvgIpc) is 2.37. The van der Waals surface area contributed by atoms with Crippen LogP contribution in [0.15, 0.2) is 23.2 Å². The van der Waals surface area contributed by atoms with Crippen molar-refractivity contribution in [2.75, 3.05) is 12.5 Å². The summed E-state index contributed by atoms with van der Waals surface area (Å²) in [7, 11) is -1.95. The van der Waals surface area contributed by atoms with E-state index in [4.69, 9.17) is 5.84 Å². The van der Waals surface area contributed by atoms with Gasteiger partial charge in [-0.1, -0.05) is 6.92 Å². The molecule has 7 heteroatoms. The predicted molar refractivity (Wildman–Crippen MR) is 71.4 cm³/mol. The van der Waals surface area contributed by atoms with Crippen LogP contribution in [0.5, 0.6) is 0 Å². The Kier molecular flexibility index (Phi) is 4.31. The van der Waals surface area contributed by atoms with Crippen LogP contribution >= 0.6 is 0 Å². The molecule has 0 aliphatic rings. The number of rotatable bonds is 5. The highest BCUT2D eigenvalue weighted by molar-refractivity contribution is 7.89. The van der Waals surface area contributed by atoms with E-state index in [0.29, 0.717) is 5.82 Å². The number of nitrogens with zero attached hydrogens (tertiary/aromatic N) is 2. The van der Waals surface area contributed by atoms with E-state index in [2.05, 4.69) is 10.4 Å². The molecule has 0 saturated carbocycles. The summed E-state index contributed by atoms with van der Waals surface area (Å²) in [6, 6.07) is 3.01. The van der Waals surface area contributed by atoms with Crippen LogP contribution < -0.4 is 11.3 Å². The average molecular weight is 272 g/mol. The summed E-state index contributed by atoms with van der Waals surface area (Å²) in [5.74, 6) is 5.61. The summed E-state index contributed by atoms with van der Waals surface area (Å²) in [5.41, 5.74) is 1.92. The molecule has 0 atom stereocenters. The van der Waals surface area contributed by atoms with Gasteiger partial charge in [0, 0.05) is 18.8 Å². The maximum Gasteiger partial charge on any atom is 0.244 e. The lowest BCUT2D eigenvalue weighted by atomic mass is 10.0. The van der Waals surface area contributed by atoms with Gasteiger partial charge < -0.3 is 5.43 Å². The van der Waals surface area contributed by atoms with Gasteiger partial charge >= 0.3 is 0 Å². The molecule has 1 rings (SSSR count). The third-order valence-corrected chi connectivity index (χ3v) is 5.31. The van der Waals surface area contributed by atoms with E-state index >= 15 is 0 Å². The van der Waals surface area contributed by atoms with Crippen LogP contribution in [-0.2, 0) is 10.0 Å². The SMILES string of the molecule is CCC(C)(C)N(C)S(=O)(=O)c1ccc(NN)nc1. The van der Waals surface area contributed by atoms with Crippen LogP contribution in [0.2, 0.25) is 0 Å². The molecule has 102 valence electrons. The lowest BCUT2D eigenvalue weighted by molar-refractivity contribution is 0.257. The predicted octanol–water partition coefficient (Wildman–Crippen LogP) is 1.18. The maximum absolute atomic E-state index is 12.4. The van der Waals surface area contributed by atoms with E-state index in [1.54, 1.807) is 7.05 Å². The minimum atomic E-state index is -3.53. The Balaban J connectivity index is 3.13. The van der Waals surface area contributed by atoms with Crippen LogP contribution in [-0.4, -0.2) is 30.3 Å². The Morgan fingerprint density at radius 1 is 1.44 bits per heavy atom. The van der Waals surface area contributed by atoms with Crippen molar-refractivity contribution in [2.45, 2.75) is 37.6 Å². The number of hydrogen-bond donors (Lipinski definition) is 2. The summed E-state index contributed by atoms with van der Waals surface area (Å²) < 4.78 is 26.1. The summed E-state index contributed by atoms with van der Waals surface area (Å²) in [6.07, 6.45) is 2.02. The van der Waals surface area contributed by atoms with E-state index in [-0.39, 0.29) is 4.90 Å². The van der Waals surface area contributed by atoms with Crippen molar-refractivity contribution >= 4 is 15.8 Å². The van der Waals surface area contributed by atoms with E-state index in [1.165, 1.54) is 22.6 Å². The minimum absolute atomic E-state index is 0.158. The molecule has 1 aromatic heterocycles. The Hall–Kier alpha value is -1.18. The molecule has 6 nitrogen and oxygen atoms in total. The second kappa shape index (κ2) is 5.21. The van der Waals surface area contributed by atoms with Gasteiger partial charge in [0.1, 0.15) is 10.7 Å². The number of nitrogen functional groups attached to an aromatic ring is 1. The van der Waals surface area contributed by atoms with Crippen molar-refractivity contribution in [3.8, 4) is 0 Å². The largest absolute Gasteiger partial charge is 0.308 e. The van der Waals surface area contributed by atoms with Gasteiger partial charge in [0.25, 0.3) is 0 Å². The van der Waals surface area contributed by atoms with Crippen molar-refractivity contribution in [3.05, 3.63) is 18.3 Å². The summed E-state index contributed by atoms with van der Waals surface area (Å²) in [4.78, 5) is 4.07. The Morgan fingerprint density at radius 2 is 2.06 bits per heavy atom. The van der Waals surface area contributed by atoms with E-state index in [0.717, 1.165) is 6.42 Å². The second-order valence-corrected chi connectivity index (χ2v) is 6.63. The smallest absolute Gasteiger partial charge is 0.244 e. The fourth-order valence-corrected chi connectivity index (χ4v) is 2.85. The topological polar surface area (TPSA) is 88.3 Å². The summed E-state index contributed by atoms with van der Waals surface area (Å²) in [6.45, 7) is 5.72. The van der Waals surface area contributed by atoms with Crippen LogP contribution in [0.25, 0.3) is 0 Å². The minimum Gasteiger partial charge on any atom is -0.308 e. The number of hydrogen-bond acceptors (Lipinski definition) is 5. The fraction of sp³-hybridized carbons (Fsp3) is 0.545. The molecule has 0 saturated heterocycles. The van der Waals surface area contributed by atoms with Crippen molar-refractivity contribution in [1.82, 2.24) is 9.29 Å². The first-order chi connectivity index (χ1) is 8.25. The number of nitrogens with two attached hydrogens (primary N) is 1. The zero-order chi connectivity index (χ0) is 14.0. The lowest BCUT2D eigenvalue weighted by Crippen LogP contribution is -2.44. The van der Waals surface area contributed by atoms with E-state index < -0.39 is 15.6 Å². The van der Waals surface area contributed by atoms with Crippen molar-refractivity contribution in [3.63, 3.8) is 0 Å². The molecule has 0 fully saturated rings.